The van der Waals surface area contributed by atoms with E-state index in [4.69, 9.17) is 9.73 Å². The number of ether oxygens (including phenoxy) is 1. The molecule has 0 aromatic carbocycles. The Balaban J connectivity index is 1.61. The van der Waals surface area contributed by atoms with Crippen LogP contribution in [0.15, 0.2) is 23.3 Å². The van der Waals surface area contributed by atoms with Crippen LogP contribution in [0, 0.1) is 5.92 Å². The molecule has 2 unspecified atom stereocenters. The number of pyridine rings is 1. The molecular formula is C15H21N3OS. The Morgan fingerprint density at radius 1 is 1.45 bits per heavy atom. The van der Waals surface area contributed by atoms with Gasteiger partial charge in [0.1, 0.15) is 0 Å². The third kappa shape index (κ3) is 3.26. The van der Waals surface area contributed by atoms with Gasteiger partial charge in [-0.1, -0.05) is 24.6 Å². The maximum atomic E-state index is 5.14. The molecule has 1 aromatic heterocycles. The molecule has 20 heavy (non-hydrogen) atoms. The second kappa shape index (κ2) is 6.48. The first-order valence-corrected chi connectivity index (χ1v) is 8.26. The Bertz CT molecular complexity index is 492. The molecule has 4 nitrogen and oxygen atoms in total. The van der Waals surface area contributed by atoms with E-state index >= 15 is 0 Å². The zero-order valence-electron chi connectivity index (χ0n) is 11.8. The number of thioether (sulfide) groups is 1. The summed E-state index contributed by atoms with van der Waals surface area (Å²) < 4.78 is 5.14. The minimum atomic E-state index is 0.649. The average Bonchev–Trinajstić information content (AvgIpc) is 2.53. The summed E-state index contributed by atoms with van der Waals surface area (Å²) in [5, 5.41) is 4.72. The van der Waals surface area contributed by atoms with E-state index in [0.29, 0.717) is 18.5 Å². The highest BCUT2D eigenvalue weighted by Crippen LogP contribution is 2.31. The van der Waals surface area contributed by atoms with Crippen molar-refractivity contribution >= 4 is 16.9 Å². The summed E-state index contributed by atoms with van der Waals surface area (Å²) in [5.41, 5.74) is 1.14. The number of amidine groups is 1. The molecule has 1 N–H and O–H groups in total. The highest BCUT2D eigenvalue weighted by molar-refractivity contribution is 8.13. The lowest BCUT2D eigenvalue weighted by Crippen LogP contribution is -2.46. The first-order chi connectivity index (χ1) is 9.85. The Kier molecular flexibility index (Phi) is 4.45. The van der Waals surface area contributed by atoms with Crippen molar-refractivity contribution in [1.82, 2.24) is 10.3 Å². The second-order valence-electron chi connectivity index (χ2n) is 5.43. The highest BCUT2D eigenvalue weighted by atomic mass is 32.2. The molecule has 0 amide bonds. The third-order valence-corrected chi connectivity index (χ3v) is 5.18. The fourth-order valence-electron chi connectivity index (χ4n) is 2.90. The van der Waals surface area contributed by atoms with Gasteiger partial charge in [0.2, 0.25) is 5.88 Å². The fraction of sp³-hybridized carbons (Fsp3) is 0.600. The van der Waals surface area contributed by atoms with E-state index in [1.165, 1.54) is 31.4 Å². The van der Waals surface area contributed by atoms with E-state index in [0.717, 1.165) is 16.6 Å². The Morgan fingerprint density at radius 2 is 2.35 bits per heavy atom. The van der Waals surface area contributed by atoms with Crippen molar-refractivity contribution in [3.63, 3.8) is 0 Å². The molecule has 0 bridgehead atoms. The van der Waals surface area contributed by atoms with Gasteiger partial charge in [0.15, 0.2) is 5.17 Å². The van der Waals surface area contributed by atoms with Crippen LogP contribution < -0.4 is 10.1 Å². The maximum Gasteiger partial charge on any atom is 0.213 e. The number of nitrogens with zero attached hydrogens (tertiary/aromatic N) is 2. The first-order valence-electron chi connectivity index (χ1n) is 7.28. The van der Waals surface area contributed by atoms with Gasteiger partial charge in [-0.05, 0) is 30.4 Å². The Hall–Kier alpha value is -1.23. The molecule has 0 radical (unpaired) electrons. The Morgan fingerprint density at radius 3 is 3.25 bits per heavy atom. The lowest BCUT2D eigenvalue weighted by Gasteiger charge is -2.36. The van der Waals surface area contributed by atoms with Gasteiger partial charge < -0.3 is 10.1 Å². The fourth-order valence-corrected chi connectivity index (χ4v) is 4.06. The van der Waals surface area contributed by atoms with Gasteiger partial charge in [0.25, 0.3) is 0 Å². The quantitative estimate of drug-likeness (QED) is 0.930. The number of fused-ring (bicyclic) bond motifs is 1. The van der Waals surface area contributed by atoms with Crippen molar-refractivity contribution in [2.24, 2.45) is 10.9 Å². The van der Waals surface area contributed by atoms with E-state index < -0.39 is 0 Å². The molecule has 108 valence electrons. The van der Waals surface area contributed by atoms with Crippen LogP contribution in [0.1, 0.15) is 31.2 Å². The zero-order valence-corrected chi connectivity index (χ0v) is 12.7. The molecule has 5 heteroatoms. The van der Waals surface area contributed by atoms with Crippen LogP contribution in [0.2, 0.25) is 0 Å². The molecular weight excluding hydrogens is 270 g/mol. The number of methoxy groups -OCH3 is 1. The SMILES string of the molecule is COc1cc(CN=C2NC3CCCCC3CS2)ccn1. The summed E-state index contributed by atoms with van der Waals surface area (Å²) in [6, 6.07) is 4.58. The lowest BCUT2D eigenvalue weighted by molar-refractivity contribution is 0.311. The number of nitrogens with one attached hydrogen (secondary N) is 1. The van der Waals surface area contributed by atoms with Gasteiger partial charge in [-0.15, -0.1) is 0 Å². The van der Waals surface area contributed by atoms with Gasteiger partial charge >= 0.3 is 0 Å². The summed E-state index contributed by atoms with van der Waals surface area (Å²) in [6.07, 6.45) is 7.19. The number of aromatic nitrogens is 1. The molecule has 1 saturated heterocycles. The number of hydrogen-bond acceptors (Lipinski definition) is 4. The molecule has 2 fully saturated rings. The molecule has 1 aliphatic carbocycles. The standard InChI is InChI=1S/C15H21N3OS/c1-19-14-8-11(6-7-16-14)9-17-15-18-13-5-3-2-4-12(13)10-20-15/h6-8,12-13H,2-5,9-10H2,1H3,(H,17,18). The number of rotatable bonds is 3. The summed E-state index contributed by atoms with van der Waals surface area (Å²) in [4.78, 5) is 8.82. The summed E-state index contributed by atoms with van der Waals surface area (Å²) in [5.74, 6) is 2.71. The normalized spacial score (nSPS) is 27.8. The predicted octanol–water partition coefficient (Wildman–Crippen LogP) is 2.84. The minimum Gasteiger partial charge on any atom is -0.481 e. The minimum absolute atomic E-state index is 0.649. The molecule has 2 aliphatic rings. The highest BCUT2D eigenvalue weighted by Gasteiger charge is 2.30. The summed E-state index contributed by atoms with van der Waals surface area (Å²) >= 11 is 1.87. The van der Waals surface area contributed by atoms with Crippen LogP contribution in [0.4, 0.5) is 0 Å². The lowest BCUT2D eigenvalue weighted by atomic mass is 9.86. The molecule has 1 aliphatic heterocycles. The van der Waals surface area contributed by atoms with Crippen LogP contribution >= 0.6 is 11.8 Å². The van der Waals surface area contributed by atoms with Crippen molar-refractivity contribution in [2.75, 3.05) is 12.9 Å². The monoisotopic (exact) mass is 291 g/mol. The van der Waals surface area contributed by atoms with Gasteiger partial charge in [-0.3, -0.25) is 4.99 Å². The smallest absolute Gasteiger partial charge is 0.213 e. The Labute approximate surface area is 124 Å². The first kappa shape index (κ1) is 13.7. The van der Waals surface area contributed by atoms with E-state index in [2.05, 4.69) is 10.3 Å². The van der Waals surface area contributed by atoms with Crippen molar-refractivity contribution in [3.8, 4) is 5.88 Å². The molecule has 1 aromatic rings. The third-order valence-electron chi connectivity index (χ3n) is 4.07. The zero-order chi connectivity index (χ0) is 13.8. The molecule has 0 spiro atoms. The van der Waals surface area contributed by atoms with E-state index in [1.54, 1.807) is 13.3 Å². The topological polar surface area (TPSA) is 46.5 Å². The maximum absolute atomic E-state index is 5.14. The van der Waals surface area contributed by atoms with Crippen molar-refractivity contribution in [1.29, 1.82) is 0 Å². The van der Waals surface area contributed by atoms with Crippen molar-refractivity contribution < 1.29 is 4.74 Å². The summed E-state index contributed by atoms with van der Waals surface area (Å²) in [7, 11) is 1.64. The predicted molar refractivity (Wildman–Crippen MR) is 83.3 cm³/mol. The van der Waals surface area contributed by atoms with Gasteiger partial charge in [0, 0.05) is 24.1 Å². The van der Waals surface area contributed by atoms with E-state index in [-0.39, 0.29) is 0 Å². The molecule has 1 saturated carbocycles. The van der Waals surface area contributed by atoms with Crippen LogP contribution in [0.5, 0.6) is 5.88 Å². The molecule has 2 heterocycles. The second-order valence-corrected chi connectivity index (χ2v) is 6.44. The van der Waals surface area contributed by atoms with Crippen molar-refractivity contribution in [3.05, 3.63) is 23.9 Å². The van der Waals surface area contributed by atoms with Gasteiger partial charge in [0.05, 0.1) is 13.7 Å². The molecule has 3 rings (SSSR count). The van der Waals surface area contributed by atoms with Crippen LogP contribution in [0.25, 0.3) is 0 Å². The van der Waals surface area contributed by atoms with Crippen LogP contribution in [-0.4, -0.2) is 29.1 Å². The van der Waals surface area contributed by atoms with Crippen LogP contribution in [0.3, 0.4) is 0 Å². The van der Waals surface area contributed by atoms with Gasteiger partial charge in [-0.25, -0.2) is 4.98 Å². The van der Waals surface area contributed by atoms with Crippen molar-refractivity contribution in [2.45, 2.75) is 38.3 Å². The summed E-state index contributed by atoms with van der Waals surface area (Å²) in [6.45, 7) is 0.686. The largest absolute Gasteiger partial charge is 0.481 e. The average molecular weight is 291 g/mol. The van der Waals surface area contributed by atoms with E-state index in [9.17, 15) is 0 Å². The molecule has 2 atom stereocenters. The van der Waals surface area contributed by atoms with Crippen LogP contribution in [-0.2, 0) is 6.54 Å². The van der Waals surface area contributed by atoms with E-state index in [1.807, 2.05) is 23.9 Å². The van der Waals surface area contributed by atoms with Gasteiger partial charge in [-0.2, -0.15) is 0 Å². The number of hydrogen-bond donors (Lipinski definition) is 1. The number of aliphatic imine (C=N–C) groups is 1.